The molecule has 0 unspecified atom stereocenters. The average Bonchev–Trinajstić information content (AvgIpc) is 2.47. The van der Waals surface area contributed by atoms with Crippen LogP contribution in [0, 0.1) is 0 Å². The van der Waals surface area contributed by atoms with Crippen molar-refractivity contribution in [3.63, 3.8) is 0 Å². The van der Waals surface area contributed by atoms with Gasteiger partial charge in [-0.2, -0.15) is 13.8 Å². The predicted octanol–water partition coefficient (Wildman–Crippen LogP) is 3.08. The molecule has 6 heteroatoms. The van der Waals surface area contributed by atoms with Crippen LogP contribution in [0.2, 0.25) is 5.02 Å². The summed E-state index contributed by atoms with van der Waals surface area (Å²) in [6.45, 7) is -2.96. The van der Waals surface area contributed by atoms with Crippen LogP contribution in [0.5, 0.6) is 6.08 Å². The summed E-state index contributed by atoms with van der Waals surface area (Å²) in [5.41, 5.74) is 0.623. The molecule has 0 saturated heterocycles. The molecule has 0 radical (unpaired) electrons. The number of ether oxygens (including phenoxy) is 1. The molecule has 1 aromatic heterocycles. The van der Waals surface area contributed by atoms with E-state index < -0.39 is 12.7 Å². The van der Waals surface area contributed by atoms with E-state index in [0.717, 1.165) is 0 Å². The number of alkyl halides is 2. The summed E-state index contributed by atoms with van der Waals surface area (Å²) in [5.74, 6) is 0. The molecule has 0 aliphatic rings. The Morgan fingerprint density at radius 1 is 1.43 bits per heavy atom. The summed E-state index contributed by atoms with van der Waals surface area (Å²) >= 11 is 5.74. The first kappa shape index (κ1) is 9.21. The maximum Gasteiger partial charge on any atom is 0.399 e. The molecule has 3 nitrogen and oxygen atoms in total. The number of para-hydroxylation sites is 1. The first-order valence-corrected chi connectivity index (χ1v) is 4.04. The van der Waals surface area contributed by atoms with E-state index in [4.69, 9.17) is 16.0 Å². The van der Waals surface area contributed by atoms with E-state index in [1.807, 2.05) is 0 Å². The second-order valence-electron chi connectivity index (χ2n) is 2.44. The summed E-state index contributed by atoms with van der Waals surface area (Å²) in [6, 6.07) is 4.77. The van der Waals surface area contributed by atoms with Gasteiger partial charge < -0.3 is 9.15 Å². The number of oxazole rings is 1. The van der Waals surface area contributed by atoms with Crippen molar-refractivity contribution in [1.82, 2.24) is 4.98 Å². The molecule has 74 valence electrons. The monoisotopic (exact) mass is 219 g/mol. The van der Waals surface area contributed by atoms with Gasteiger partial charge in [0.25, 0.3) is 0 Å². The van der Waals surface area contributed by atoms with Crippen LogP contribution in [0.4, 0.5) is 8.78 Å². The molecule has 0 amide bonds. The van der Waals surface area contributed by atoms with E-state index >= 15 is 0 Å². The van der Waals surface area contributed by atoms with E-state index in [2.05, 4.69) is 9.72 Å². The molecule has 0 fully saturated rings. The van der Waals surface area contributed by atoms with E-state index in [9.17, 15) is 8.78 Å². The third-order valence-electron chi connectivity index (χ3n) is 1.54. The van der Waals surface area contributed by atoms with Gasteiger partial charge in [-0.15, -0.1) is 0 Å². The van der Waals surface area contributed by atoms with Crippen LogP contribution in [0.3, 0.4) is 0 Å². The molecule has 2 aromatic rings. The van der Waals surface area contributed by atoms with Crippen LogP contribution < -0.4 is 4.74 Å². The highest BCUT2D eigenvalue weighted by Crippen LogP contribution is 2.27. The highest BCUT2D eigenvalue weighted by Gasteiger charge is 2.13. The molecule has 1 heterocycles. The summed E-state index contributed by atoms with van der Waals surface area (Å²) in [5, 5.41) is 0.329. The molecule has 0 N–H and O–H groups in total. The van der Waals surface area contributed by atoms with Crippen LogP contribution in [0.25, 0.3) is 11.1 Å². The number of nitrogens with zero attached hydrogens (tertiary/aromatic N) is 1. The Morgan fingerprint density at radius 2 is 2.21 bits per heavy atom. The Labute approximate surface area is 82.2 Å². The Hall–Kier alpha value is -1.36. The van der Waals surface area contributed by atoms with Gasteiger partial charge in [0, 0.05) is 0 Å². The van der Waals surface area contributed by atoms with Gasteiger partial charge in [-0.3, -0.25) is 0 Å². The molecule has 0 spiro atoms. The molecule has 1 aromatic carbocycles. The van der Waals surface area contributed by atoms with Gasteiger partial charge in [0.1, 0.15) is 5.52 Å². The van der Waals surface area contributed by atoms with Crippen molar-refractivity contribution in [3.8, 4) is 6.08 Å². The van der Waals surface area contributed by atoms with Gasteiger partial charge >= 0.3 is 12.7 Å². The number of rotatable bonds is 2. The maximum atomic E-state index is 11.8. The smallest absolute Gasteiger partial charge is 0.399 e. The SMILES string of the molecule is FC(F)Oc1nc2c(Cl)cccc2o1. The fourth-order valence-electron chi connectivity index (χ4n) is 1.02. The Bertz CT molecular complexity index is 458. The van der Waals surface area contributed by atoms with Crippen LogP contribution in [0.1, 0.15) is 0 Å². The van der Waals surface area contributed by atoms with Crippen molar-refractivity contribution >= 4 is 22.7 Å². The molecular weight excluding hydrogens is 216 g/mol. The first-order chi connectivity index (χ1) is 6.66. The standard InChI is InChI=1S/C8H4ClF2NO2/c9-4-2-1-3-5-6(4)12-8(13-5)14-7(10)11/h1-3,7H. The summed E-state index contributed by atoms with van der Waals surface area (Å²) in [6.07, 6.45) is -0.483. The van der Waals surface area contributed by atoms with Crippen molar-refractivity contribution in [2.45, 2.75) is 6.61 Å². The largest absolute Gasteiger partial charge is 0.409 e. The van der Waals surface area contributed by atoms with Gasteiger partial charge in [0.2, 0.25) is 0 Å². The van der Waals surface area contributed by atoms with Gasteiger partial charge in [0.05, 0.1) is 5.02 Å². The van der Waals surface area contributed by atoms with E-state index in [0.29, 0.717) is 16.1 Å². The first-order valence-electron chi connectivity index (χ1n) is 3.66. The lowest BCUT2D eigenvalue weighted by atomic mass is 10.3. The normalized spacial score (nSPS) is 11.1. The quantitative estimate of drug-likeness (QED) is 0.779. The zero-order valence-corrected chi connectivity index (χ0v) is 7.46. The highest BCUT2D eigenvalue weighted by atomic mass is 35.5. The third kappa shape index (κ3) is 1.63. The summed E-state index contributed by atoms with van der Waals surface area (Å²) in [7, 11) is 0. The van der Waals surface area contributed by atoms with Gasteiger partial charge in [-0.1, -0.05) is 17.7 Å². The molecular formula is C8H4ClF2NO2. The molecule has 0 aliphatic heterocycles. The van der Waals surface area contributed by atoms with E-state index in [1.54, 1.807) is 18.2 Å². The number of hydrogen-bond acceptors (Lipinski definition) is 3. The molecule has 0 saturated carbocycles. The molecule has 2 rings (SSSR count). The minimum absolute atomic E-state index is 0.310. The minimum atomic E-state index is -2.96. The Balaban J connectivity index is 2.46. The second-order valence-corrected chi connectivity index (χ2v) is 2.85. The summed E-state index contributed by atoms with van der Waals surface area (Å²) in [4.78, 5) is 3.65. The zero-order chi connectivity index (χ0) is 10.1. The van der Waals surface area contributed by atoms with Crippen molar-refractivity contribution in [1.29, 1.82) is 0 Å². The zero-order valence-electron chi connectivity index (χ0n) is 6.71. The van der Waals surface area contributed by atoms with Crippen LogP contribution in [-0.4, -0.2) is 11.6 Å². The topological polar surface area (TPSA) is 35.3 Å². The second kappa shape index (κ2) is 3.42. The lowest BCUT2D eigenvalue weighted by molar-refractivity contribution is -0.0664. The Kier molecular flexibility index (Phi) is 2.25. The van der Waals surface area contributed by atoms with Crippen LogP contribution >= 0.6 is 11.6 Å². The Morgan fingerprint density at radius 3 is 2.86 bits per heavy atom. The number of benzene rings is 1. The molecule has 0 aliphatic carbocycles. The lowest BCUT2D eigenvalue weighted by Crippen LogP contribution is -2.01. The van der Waals surface area contributed by atoms with Crippen molar-refractivity contribution in [2.24, 2.45) is 0 Å². The fraction of sp³-hybridized carbons (Fsp3) is 0.125. The number of hydrogen-bond donors (Lipinski definition) is 0. The molecule has 14 heavy (non-hydrogen) atoms. The van der Waals surface area contributed by atoms with Crippen molar-refractivity contribution < 1.29 is 17.9 Å². The van der Waals surface area contributed by atoms with Crippen molar-refractivity contribution in [3.05, 3.63) is 23.2 Å². The predicted molar refractivity (Wildman–Crippen MR) is 45.7 cm³/mol. The van der Waals surface area contributed by atoms with Gasteiger partial charge in [-0.25, -0.2) is 0 Å². The lowest BCUT2D eigenvalue weighted by Gasteiger charge is -1.94. The van der Waals surface area contributed by atoms with E-state index in [-0.39, 0.29) is 0 Å². The van der Waals surface area contributed by atoms with Crippen LogP contribution in [-0.2, 0) is 0 Å². The number of aromatic nitrogens is 1. The molecule has 0 bridgehead atoms. The summed E-state index contributed by atoms with van der Waals surface area (Å²) < 4.78 is 32.4. The number of halogens is 3. The van der Waals surface area contributed by atoms with Crippen molar-refractivity contribution in [2.75, 3.05) is 0 Å². The van der Waals surface area contributed by atoms with Crippen LogP contribution in [0.15, 0.2) is 22.6 Å². The highest BCUT2D eigenvalue weighted by molar-refractivity contribution is 6.34. The number of fused-ring (bicyclic) bond motifs is 1. The fourth-order valence-corrected chi connectivity index (χ4v) is 1.23. The maximum absolute atomic E-state index is 11.8. The average molecular weight is 220 g/mol. The third-order valence-corrected chi connectivity index (χ3v) is 1.85. The van der Waals surface area contributed by atoms with Gasteiger partial charge in [0.15, 0.2) is 5.58 Å². The van der Waals surface area contributed by atoms with E-state index in [1.165, 1.54) is 0 Å². The van der Waals surface area contributed by atoms with Gasteiger partial charge in [-0.05, 0) is 12.1 Å². The molecule has 0 atom stereocenters. The minimum Gasteiger partial charge on any atom is -0.409 e.